The van der Waals surface area contributed by atoms with E-state index >= 15 is 0 Å². The highest BCUT2D eigenvalue weighted by Crippen LogP contribution is 2.29. The summed E-state index contributed by atoms with van der Waals surface area (Å²) in [4.78, 5) is 1.10. The zero-order chi connectivity index (χ0) is 13.3. The summed E-state index contributed by atoms with van der Waals surface area (Å²) in [5, 5.41) is 0. The second kappa shape index (κ2) is 5.28. The van der Waals surface area contributed by atoms with E-state index in [2.05, 4.69) is 0 Å². The van der Waals surface area contributed by atoms with E-state index in [1.807, 2.05) is 26.8 Å². The molecular weight excluding hydrogens is 270 g/mol. The molecule has 2 unspecified atom stereocenters. The molecule has 102 valence electrons. The third-order valence-electron chi connectivity index (χ3n) is 3.10. The second-order valence-corrected chi connectivity index (χ2v) is 7.88. The van der Waals surface area contributed by atoms with Gasteiger partial charge in [-0.15, -0.1) is 11.3 Å². The van der Waals surface area contributed by atoms with Gasteiger partial charge in [0.05, 0.1) is 13.2 Å². The highest BCUT2D eigenvalue weighted by atomic mass is 32.2. The Morgan fingerprint density at radius 1 is 1.33 bits per heavy atom. The summed E-state index contributed by atoms with van der Waals surface area (Å²) in [6.07, 6.45) is 0.869. The summed E-state index contributed by atoms with van der Waals surface area (Å²) in [6.45, 7) is 6.75. The molecule has 0 bridgehead atoms. The molecule has 1 saturated heterocycles. The van der Waals surface area contributed by atoms with Gasteiger partial charge in [0.2, 0.25) is 0 Å². The Morgan fingerprint density at radius 3 is 2.44 bits per heavy atom. The van der Waals surface area contributed by atoms with Crippen molar-refractivity contribution >= 4 is 21.4 Å². The van der Waals surface area contributed by atoms with Crippen LogP contribution in [0.25, 0.3) is 0 Å². The molecular formula is C12H19NO3S2. The molecule has 6 heteroatoms. The van der Waals surface area contributed by atoms with Crippen molar-refractivity contribution in [2.45, 2.75) is 43.5 Å². The van der Waals surface area contributed by atoms with Crippen molar-refractivity contribution in [3.63, 3.8) is 0 Å². The van der Waals surface area contributed by atoms with Crippen LogP contribution < -0.4 is 0 Å². The second-order valence-electron chi connectivity index (χ2n) is 4.64. The Kier molecular flexibility index (Phi) is 4.11. The minimum atomic E-state index is -3.38. The number of aryl methyl sites for hydroxylation is 1. The molecule has 1 aromatic rings. The highest BCUT2D eigenvalue weighted by Gasteiger charge is 2.37. The Bertz CT molecular complexity index is 499. The quantitative estimate of drug-likeness (QED) is 0.856. The summed E-state index contributed by atoms with van der Waals surface area (Å²) in [7, 11) is -3.38. The first-order chi connectivity index (χ1) is 8.46. The zero-order valence-electron chi connectivity index (χ0n) is 10.9. The van der Waals surface area contributed by atoms with Gasteiger partial charge in [0.1, 0.15) is 4.21 Å². The number of nitrogens with zero attached hydrogens (tertiary/aromatic N) is 1. The molecule has 2 rings (SSSR count). The Balaban J connectivity index is 2.34. The van der Waals surface area contributed by atoms with Gasteiger partial charge in [-0.05, 0) is 32.4 Å². The van der Waals surface area contributed by atoms with Crippen molar-refractivity contribution in [3.05, 3.63) is 17.0 Å². The van der Waals surface area contributed by atoms with Gasteiger partial charge >= 0.3 is 0 Å². The van der Waals surface area contributed by atoms with Gasteiger partial charge < -0.3 is 4.74 Å². The number of hydrogen-bond acceptors (Lipinski definition) is 4. The van der Waals surface area contributed by atoms with Crippen LogP contribution in [0, 0.1) is 0 Å². The highest BCUT2D eigenvalue weighted by molar-refractivity contribution is 7.91. The SMILES string of the molecule is CCc1ccc(S(=O)(=O)N2C(C)COCC2C)s1. The van der Waals surface area contributed by atoms with Gasteiger partial charge in [-0.2, -0.15) is 4.31 Å². The maximum absolute atomic E-state index is 12.6. The molecule has 0 N–H and O–H groups in total. The van der Waals surface area contributed by atoms with Crippen LogP contribution in [0.5, 0.6) is 0 Å². The van der Waals surface area contributed by atoms with Crippen LogP contribution in [0.4, 0.5) is 0 Å². The number of morpholine rings is 1. The van der Waals surface area contributed by atoms with E-state index in [0.29, 0.717) is 17.4 Å². The van der Waals surface area contributed by atoms with Crippen LogP contribution in [0.1, 0.15) is 25.6 Å². The van der Waals surface area contributed by atoms with Gasteiger partial charge in [0.25, 0.3) is 10.0 Å². The largest absolute Gasteiger partial charge is 0.378 e. The lowest BCUT2D eigenvalue weighted by Gasteiger charge is -2.37. The van der Waals surface area contributed by atoms with Gasteiger partial charge in [0.15, 0.2) is 0 Å². The smallest absolute Gasteiger partial charge is 0.253 e. The van der Waals surface area contributed by atoms with Crippen LogP contribution in [0.2, 0.25) is 0 Å². The molecule has 18 heavy (non-hydrogen) atoms. The Labute approximate surface area is 113 Å². The molecule has 0 spiro atoms. The molecule has 1 aromatic heterocycles. The van der Waals surface area contributed by atoms with Crippen molar-refractivity contribution in [2.24, 2.45) is 0 Å². The van der Waals surface area contributed by atoms with Crippen LogP contribution in [0.15, 0.2) is 16.3 Å². The fourth-order valence-corrected chi connectivity index (χ4v) is 5.45. The van der Waals surface area contributed by atoms with E-state index < -0.39 is 10.0 Å². The molecule has 0 saturated carbocycles. The van der Waals surface area contributed by atoms with Gasteiger partial charge in [-0.1, -0.05) is 6.92 Å². The summed E-state index contributed by atoms with van der Waals surface area (Å²) in [5.41, 5.74) is 0. The molecule has 0 radical (unpaired) electrons. The van der Waals surface area contributed by atoms with Crippen molar-refractivity contribution in [1.82, 2.24) is 4.31 Å². The van der Waals surface area contributed by atoms with Crippen molar-refractivity contribution < 1.29 is 13.2 Å². The molecule has 4 nitrogen and oxygen atoms in total. The molecule has 0 aromatic carbocycles. The number of hydrogen-bond donors (Lipinski definition) is 0. The number of thiophene rings is 1. The lowest BCUT2D eigenvalue weighted by atomic mass is 10.2. The minimum Gasteiger partial charge on any atom is -0.378 e. The average Bonchev–Trinajstić information content (AvgIpc) is 2.77. The summed E-state index contributed by atoms with van der Waals surface area (Å²) >= 11 is 1.37. The molecule has 1 aliphatic rings. The van der Waals surface area contributed by atoms with E-state index in [9.17, 15) is 8.42 Å². The maximum Gasteiger partial charge on any atom is 0.253 e. The van der Waals surface area contributed by atoms with Crippen LogP contribution in [0.3, 0.4) is 0 Å². The zero-order valence-corrected chi connectivity index (χ0v) is 12.6. The van der Waals surface area contributed by atoms with Crippen LogP contribution in [-0.4, -0.2) is 38.0 Å². The van der Waals surface area contributed by atoms with Crippen molar-refractivity contribution in [1.29, 1.82) is 0 Å². The van der Waals surface area contributed by atoms with Gasteiger partial charge in [-0.3, -0.25) is 0 Å². The fraction of sp³-hybridized carbons (Fsp3) is 0.667. The van der Waals surface area contributed by atoms with Crippen molar-refractivity contribution in [3.8, 4) is 0 Å². The Hall–Kier alpha value is -0.430. The maximum atomic E-state index is 12.6. The Morgan fingerprint density at radius 2 is 1.94 bits per heavy atom. The third kappa shape index (κ3) is 2.47. The first-order valence-electron chi connectivity index (χ1n) is 6.16. The fourth-order valence-electron chi connectivity index (χ4n) is 2.26. The number of rotatable bonds is 3. The van der Waals surface area contributed by atoms with Gasteiger partial charge in [0, 0.05) is 17.0 Å². The molecule has 0 aliphatic carbocycles. The predicted octanol–water partition coefficient (Wildman–Crippen LogP) is 2.11. The van der Waals surface area contributed by atoms with E-state index in [-0.39, 0.29) is 12.1 Å². The molecule has 2 heterocycles. The van der Waals surface area contributed by atoms with Crippen LogP contribution in [-0.2, 0) is 21.2 Å². The molecule has 1 fully saturated rings. The summed E-state index contributed by atoms with van der Waals surface area (Å²) < 4.78 is 32.6. The van der Waals surface area contributed by atoms with E-state index in [1.54, 1.807) is 10.4 Å². The van der Waals surface area contributed by atoms with E-state index in [0.717, 1.165) is 11.3 Å². The third-order valence-corrected chi connectivity index (χ3v) is 6.93. The van der Waals surface area contributed by atoms with E-state index in [4.69, 9.17) is 4.74 Å². The van der Waals surface area contributed by atoms with Gasteiger partial charge in [-0.25, -0.2) is 8.42 Å². The standard InChI is InChI=1S/C12H19NO3S2/c1-4-11-5-6-12(17-11)18(14,15)13-9(2)7-16-8-10(13)3/h5-6,9-10H,4,7-8H2,1-3H3. The number of ether oxygens (including phenoxy) is 1. The lowest BCUT2D eigenvalue weighted by Crippen LogP contribution is -2.52. The monoisotopic (exact) mass is 289 g/mol. The lowest BCUT2D eigenvalue weighted by molar-refractivity contribution is 0.00645. The molecule has 2 atom stereocenters. The predicted molar refractivity (Wildman–Crippen MR) is 72.5 cm³/mol. The minimum absolute atomic E-state index is 0.106. The van der Waals surface area contributed by atoms with Crippen molar-refractivity contribution in [2.75, 3.05) is 13.2 Å². The topological polar surface area (TPSA) is 46.6 Å². The normalized spacial score (nSPS) is 26.4. The average molecular weight is 289 g/mol. The molecule has 1 aliphatic heterocycles. The summed E-state index contributed by atoms with van der Waals surface area (Å²) in [5.74, 6) is 0. The number of sulfonamides is 1. The van der Waals surface area contributed by atoms with E-state index in [1.165, 1.54) is 11.3 Å². The molecule has 0 amide bonds. The first-order valence-corrected chi connectivity index (χ1v) is 8.42. The first kappa shape index (κ1) is 14.0. The summed E-state index contributed by atoms with van der Waals surface area (Å²) in [6, 6.07) is 3.40. The van der Waals surface area contributed by atoms with Crippen LogP contribution >= 0.6 is 11.3 Å².